The molecule has 2 N–H and O–H groups in total. The molecule has 0 aromatic heterocycles. The summed E-state index contributed by atoms with van der Waals surface area (Å²) in [4.78, 5) is 36.5. The maximum absolute atomic E-state index is 12.6. The molecule has 0 bridgehead atoms. The SMILES string of the molecule is O=C1c2ccccc2C(=O)N1c1cc([N+](=O)[O-])ccc1NCCO. The number of hydrogen-bond donors (Lipinski definition) is 2. The van der Waals surface area contributed by atoms with Gasteiger partial charge >= 0.3 is 0 Å². The quantitative estimate of drug-likeness (QED) is 0.492. The third-order valence-electron chi connectivity index (χ3n) is 3.65. The van der Waals surface area contributed by atoms with Gasteiger partial charge in [-0.15, -0.1) is 0 Å². The molecule has 1 aliphatic rings. The third kappa shape index (κ3) is 2.48. The zero-order valence-electron chi connectivity index (χ0n) is 12.4. The van der Waals surface area contributed by atoms with Crippen molar-refractivity contribution in [3.05, 3.63) is 63.7 Å². The molecule has 122 valence electrons. The van der Waals surface area contributed by atoms with Crippen molar-refractivity contribution in [1.82, 2.24) is 0 Å². The minimum atomic E-state index is -0.600. The minimum absolute atomic E-state index is 0.0869. The molecule has 0 aliphatic carbocycles. The predicted octanol–water partition coefficient (Wildman–Crippen LogP) is 1.80. The summed E-state index contributed by atoms with van der Waals surface area (Å²) in [6.45, 7) is 0.00647. The van der Waals surface area contributed by atoms with Gasteiger partial charge in [0.25, 0.3) is 17.5 Å². The second kappa shape index (κ2) is 6.09. The molecule has 2 aromatic carbocycles. The molecule has 0 unspecified atom stereocenters. The van der Waals surface area contributed by atoms with E-state index in [1.165, 1.54) is 30.3 Å². The van der Waals surface area contributed by atoms with E-state index in [1.807, 2.05) is 0 Å². The number of nitrogens with one attached hydrogen (secondary N) is 1. The Bertz CT molecular complexity index is 814. The summed E-state index contributed by atoms with van der Waals surface area (Å²) in [7, 11) is 0. The molecule has 24 heavy (non-hydrogen) atoms. The van der Waals surface area contributed by atoms with Gasteiger partial charge in [-0.2, -0.15) is 0 Å². The molecule has 0 spiro atoms. The maximum Gasteiger partial charge on any atom is 0.271 e. The van der Waals surface area contributed by atoms with Gasteiger partial charge in [0.2, 0.25) is 0 Å². The van der Waals surface area contributed by atoms with E-state index in [9.17, 15) is 19.7 Å². The zero-order chi connectivity index (χ0) is 17.3. The number of benzene rings is 2. The number of nitro groups is 1. The van der Waals surface area contributed by atoms with Crippen LogP contribution in [0.4, 0.5) is 17.1 Å². The number of aliphatic hydroxyl groups excluding tert-OH is 1. The number of rotatable bonds is 5. The van der Waals surface area contributed by atoms with E-state index >= 15 is 0 Å². The van der Waals surface area contributed by atoms with Crippen LogP contribution in [0.1, 0.15) is 20.7 Å². The molecule has 0 atom stereocenters. The number of aliphatic hydroxyl groups is 1. The summed E-state index contributed by atoms with van der Waals surface area (Å²) >= 11 is 0. The van der Waals surface area contributed by atoms with E-state index in [-0.39, 0.29) is 35.7 Å². The van der Waals surface area contributed by atoms with Gasteiger partial charge in [-0.05, 0) is 18.2 Å². The van der Waals surface area contributed by atoms with E-state index in [2.05, 4.69) is 5.32 Å². The largest absolute Gasteiger partial charge is 0.395 e. The molecule has 3 rings (SSSR count). The zero-order valence-corrected chi connectivity index (χ0v) is 12.4. The fourth-order valence-corrected chi connectivity index (χ4v) is 2.57. The van der Waals surface area contributed by atoms with Crippen LogP contribution in [-0.2, 0) is 0 Å². The molecule has 1 aliphatic heterocycles. The summed E-state index contributed by atoms with van der Waals surface area (Å²) in [5.74, 6) is -1.08. The summed E-state index contributed by atoms with van der Waals surface area (Å²) in [6, 6.07) is 10.2. The molecular weight excluding hydrogens is 314 g/mol. The normalized spacial score (nSPS) is 13.1. The lowest BCUT2D eigenvalue weighted by molar-refractivity contribution is -0.384. The van der Waals surface area contributed by atoms with Gasteiger partial charge in [0.15, 0.2) is 0 Å². The third-order valence-corrected chi connectivity index (χ3v) is 3.65. The van der Waals surface area contributed by atoms with Crippen molar-refractivity contribution in [2.24, 2.45) is 0 Å². The average Bonchev–Trinajstić information content (AvgIpc) is 2.84. The monoisotopic (exact) mass is 327 g/mol. The summed E-state index contributed by atoms with van der Waals surface area (Å²) in [6.07, 6.45) is 0. The fourth-order valence-electron chi connectivity index (χ4n) is 2.57. The van der Waals surface area contributed by atoms with Gasteiger partial charge in [0, 0.05) is 18.7 Å². The van der Waals surface area contributed by atoms with Crippen LogP contribution in [0, 0.1) is 10.1 Å². The Kier molecular flexibility index (Phi) is 3.97. The van der Waals surface area contributed by atoms with Crippen molar-refractivity contribution in [3.8, 4) is 0 Å². The molecule has 2 amide bonds. The highest BCUT2D eigenvalue weighted by Gasteiger charge is 2.38. The highest BCUT2D eigenvalue weighted by Crippen LogP contribution is 2.35. The molecule has 8 heteroatoms. The first kappa shape index (κ1) is 15.6. The highest BCUT2D eigenvalue weighted by molar-refractivity contribution is 6.35. The van der Waals surface area contributed by atoms with Gasteiger partial charge in [0.05, 0.1) is 34.0 Å². The van der Waals surface area contributed by atoms with E-state index in [0.29, 0.717) is 5.69 Å². The average molecular weight is 327 g/mol. The Morgan fingerprint density at radius 1 is 1.08 bits per heavy atom. The number of hydrogen-bond acceptors (Lipinski definition) is 6. The van der Waals surface area contributed by atoms with Crippen molar-refractivity contribution in [2.45, 2.75) is 0 Å². The van der Waals surface area contributed by atoms with Gasteiger partial charge in [-0.1, -0.05) is 12.1 Å². The number of non-ortho nitro benzene ring substituents is 1. The van der Waals surface area contributed by atoms with Crippen LogP contribution in [0.3, 0.4) is 0 Å². The molecule has 0 saturated heterocycles. The molecule has 0 saturated carbocycles. The van der Waals surface area contributed by atoms with Crippen molar-refractivity contribution in [2.75, 3.05) is 23.4 Å². The molecule has 0 fully saturated rings. The Labute approximate surface area is 136 Å². The molecule has 2 aromatic rings. The van der Waals surface area contributed by atoms with Crippen LogP contribution in [-0.4, -0.2) is 35.0 Å². The first-order chi connectivity index (χ1) is 11.5. The van der Waals surface area contributed by atoms with E-state index in [1.54, 1.807) is 12.1 Å². The fraction of sp³-hybridized carbons (Fsp3) is 0.125. The van der Waals surface area contributed by atoms with Crippen LogP contribution in [0.15, 0.2) is 42.5 Å². The Morgan fingerprint density at radius 3 is 2.25 bits per heavy atom. The van der Waals surface area contributed by atoms with E-state index < -0.39 is 16.7 Å². The van der Waals surface area contributed by atoms with Gasteiger partial charge < -0.3 is 10.4 Å². The number of fused-ring (bicyclic) bond motifs is 1. The van der Waals surface area contributed by atoms with Crippen molar-refractivity contribution in [3.63, 3.8) is 0 Å². The molecular formula is C16H13N3O5. The molecule has 8 nitrogen and oxygen atoms in total. The van der Waals surface area contributed by atoms with Crippen LogP contribution in [0.25, 0.3) is 0 Å². The first-order valence-corrected chi connectivity index (χ1v) is 7.15. The van der Waals surface area contributed by atoms with E-state index in [0.717, 1.165) is 4.90 Å². The predicted molar refractivity (Wildman–Crippen MR) is 86.3 cm³/mol. The van der Waals surface area contributed by atoms with Crippen LogP contribution < -0.4 is 10.2 Å². The second-order valence-corrected chi connectivity index (χ2v) is 5.10. The molecule has 1 heterocycles. The number of anilines is 2. The maximum atomic E-state index is 12.6. The van der Waals surface area contributed by atoms with Crippen molar-refractivity contribution in [1.29, 1.82) is 0 Å². The minimum Gasteiger partial charge on any atom is -0.395 e. The molecule has 0 radical (unpaired) electrons. The lowest BCUT2D eigenvalue weighted by atomic mass is 10.1. The Hall–Kier alpha value is -3.26. The number of amides is 2. The number of nitrogens with zero attached hydrogens (tertiary/aromatic N) is 2. The van der Waals surface area contributed by atoms with Gasteiger partial charge in [0.1, 0.15) is 0 Å². The van der Waals surface area contributed by atoms with Crippen molar-refractivity contribution >= 4 is 28.9 Å². The van der Waals surface area contributed by atoms with E-state index in [4.69, 9.17) is 5.11 Å². The second-order valence-electron chi connectivity index (χ2n) is 5.10. The van der Waals surface area contributed by atoms with Crippen LogP contribution >= 0.6 is 0 Å². The van der Waals surface area contributed by atoms with Crippen LogP contribution in [0.5, 0.6) is 0 Å². The number of carbonyl (C=O) groups is 2. The number of imide groups is 1. The first-order valence-electron chi connectivity index (χ1n) is 7.15. The Morgan fingerprint density at radius 2 is 1.71 bits per heavy atom. The summed E-state index contributed by atoms with van der Waals surface area (Å²) in [5, 5.41) is 22.8. The van der Waals surface area contributed by atoms with Gasteiger partial charge in [-0.25, -0.2) is 4.90 Å². The highest BCUT2D eigenvalue weighted by atomic mass is 16.6. The topological polar surface area (TPSA) is 113 Å². The number of nitro benzene ring substituents is 1. The number of carbonyl (C=O) groups excluding carboxylic acids is 2. The lowest BCUT2D eigenvalue weighted by Crippen LogP contribution is -2.30. The smallest absolute Gasteiger partial charge is 0.271 e. The summed E-state index contributed by atoms with van der Waals surface area (Å²) in [5.41, 5.74) is 0.702. The van der Waals surface area contributed by atoms with Crippen molar-refractivity contribution < 1.29 is 19.6 Å². The Balaban J connectivity index is 2.11. The standard InChI is InChI=1S/C16H13N3O5/c20-8-7-17-13-6-5-10(19(23)24)9-14(13)18-15(21)11-3-1-2-4-12(11)16(18)22/h1-6,9,17,20H,7-8H2. The lowest BCUT2D eigenvalue weighted by Gasteiger charge is -2.18. The van der Waals surface area contributed by atoms with Gasteiger partial charge in [-0.3, -0.25) is 19.7 Å². The summed E-state index contributed by atoms with van der Waals surface area (Å²) < 4.78 is 0. The van der Waals surface area contributed by atoms with Crippen LogP contribution in [0.2, 0.25) is 0 Å².